The van der Waals surface area contributed by atoms with Crippen LogP contribution in [0.5, 0.6) is 0 Å². The first-order valence-electron chi connectivity index (χ1n) is 23.9. The van der Waals surface area contributed by atoms with E-state index in [2.05, 4.69) is 32.6 Å². The summed E-state index contributed by atoms with van der Waals surface area (Å²) in [5.41, 5.74) is 5.86. The minimum Gasteiger partial charge on any atom is -0.465 e. The molecule has 0 aromatic rings. The molecule has 0 unspecified atom stereocenters. The van der Waals surface area contributed by atoms with Crippen molar-refractivity contribution in [3.05, 3.63) is 0 Å². The van der Waals surface area contributed by atoms with Gasteiger partial charge < -0.3 is 24.8 Å². The average molecular weight is 781 g/mol. The summed E-state index contributed by atoms with van der Waals surface area (Å²) in [7, 11) is 0. The molecule has 326 valence electrons. The summed E-state index contributed by atoms with van der Waals surface area (Å²) in [5, 5.41) is 0. The molecule has 0 aromatic carbocycles. The molecular formula is C47H92N2O6. The Hall–Kier alpha value is -1.67. The third-order valence-electron chi connectivity index (χ3n) is 10.9. The summed E-state index contributed by atoms with van der Waals surface area (Å²) in [4.78, 5) is 40.8. The molecule has 0 aliphatic rings. The van der Waals surface area contributed by atoms with Crippen molar-refractivity contribution in [3.8, 4) is 0 Å². The van der Waals surface area contributed by atoms with Gasteiger partial charge in [-0.1, -0.05) is 156 Å². The number of esters is 3. The van der Waals surface area contributed by atoms with E-state index in [0.717, 1.165) is 129 Å². The van der Waals surface area contributed by atoms with Crippen molar-refractivity contribution in [3.63, 3.8) is 0 Å². The van der Waals surface area contributed by atoms with Crippen LogP contribution in [0.4, 0.5) is 0 Å². The van der Waals surface area contributed by atoms with Gasteiger partial charge in [-0.25, -0.2) is 0 Å². The van der Waals surface area contributed by atoms with Crippen LogP contribution in [0.1, 0.15) is 233 Å². The maximum absolute atomic E-state index is 12.8. The predicted molar refractivity (Wildman–Crippen MR) is 231 cm³/mol. The number of hydrogen-bond donors (Lipinski definition) is 1. The number of ether oxygens (including phenoxy) is 3. The normalized spacial score (nSPS) is 11.6. The molecule has 2 N–H and O–H groups in total. The van der Waals surface area contributed by atoms with Gasteiger partial charge in [-0.3, -0.25) is 14.4 Å². The lowest BCUT2D eigenvalue weighted by Gasteiger charge is -2.22. The summed E-state index contributed by atoms with van der Waals surface area (Å²) in [6, 6.07) is 0. The number of rotatable bonds is 43. The molecule has 0 amide bonds. The summed E-state index contributed by atoms with van der Waals surface area (Å²) >= 11 is 0. The highest BCUT2D eigenvalue weighted by Crippen LogP contribution is 2.19. The number of nitrogens with two attached hydrogens (primary N) is 1. The highest BCUT2D eigenvalue weighted by Gasteiger charge is 2.29. The second-order valence-electron chi connectivity index (χ2n) is 16.2. The predicted octanol–water partition coefficient (Wildman–Crippen LogP) is 12.4. The fourth-order valence-corrected chi connectivity index (χ4v) is 7.22. The van der Waals surface area contributed by atoms with Gasteiger partial charge in [-0.15, -0.1) is 0 Å². The van der Waals surface area contributed by atoms with Crippen LogP contribution in [0, 0.1) is 5.92 Å². The van der Waals surface area contributed by atoms with E-state index in [1.54, 1.807) is 0 Å². The molecule has 0 bridgehead atoms. The Bertz CT molecular complexity index is 815. The molecule has 0 fully saturated rings. The number of hydrogen-bond acceptors (Lipinski definition) is 8. The minimum absolute atomic E-state index is 0.00938. The van der Waals surface area contributed by atoms with Crippen molar-refractivity contribution in [2.24, 2.45) is 11.7 Å². The van der Waals surface area contributed by atoms with E-state index in [1.165, 1.54) is 83.5 Å². The van der Waals surface area contributed by atoms with Crippen LogP contribution in [-0.2, 0) is 28.6 Å². The maximum atomic E-state index is 12.8. The zero-order valence-corrected chi connectivity index (χ0v) is 37.0. The molecule has 8 nitrogen and oxygen atoms in total. The second-order valence-corrected chi connectivity index (χ2v) is 16.2. The van der Waals surface area contributed by atoms with E-state index in [9.17, 15) is 14.4 Å². The van der Waals surface area contributed by atoms with E-state index < -0.39 is 17.9 Å². The van der Waals surface area contributed by atoms with E-state index >= 15 is 0 Å². The first kappa shape index (κ1) is 53.3. The summed E-state index contributed by atoms with van der Waals surface area (Å²) in [5.74, 6) is -1.64. The van der Waals surface area contributed by atoms with Crippen molar-refractivity contribution in [1.29, 1.82) is 0 Å². The topological polar surface area (TPSA) is 108 Å². The molecule has 55 heavy (non-hydrogen) atoms. The first-order valence-corrected chi connectivity index (χ1v) is 23.9. The van der Waals surface area contributed by atoms with Gasteiger partial charge in [0, 0.05) is 6.42 Å². The fourth-order valence-electron chi connectivity index (χ4n) is 7.22. The van der Waals surface area contributed by atoms with Gasteiger partial charge in [-0.2, -0.15) is 0 Å². The standard InChI is InChI=1S/C47H92N2O6/c1-5-9-13-15-18-24-33-43(34-25-19-16-14-10-6-2)55-45(50)36-27-20-17-22-28-38-49(40-32-37-48)39-29-23-21-26-35-44(46(51)53-41-30-11-7-3)47(52)54-42-31-12-8-4/h43-44H,5-42,48H2,1-4H3. The lowest BCUT2D eigenvalue weighted by atomic mass is 10.0. The van der Waals surface area contributed by atoms with E-state index in [0.29, 0.717) is 32.6 Å². The first-order chi connectivity index (χ1) is 26.9. The van der Waals surface area contributed by atoms with Gasteiger partial charge in [0.15, 0.2) is 5.92 Å². The summed E-state index contributed by atoms with van der Waals surface area (Å²) in [6.45, 7) is 13.4. The van der Waals surface area contributed by atoms with Crippen LogP contribution < -0.4 is 5.73 Å². The zero-order chi connectivity index (χ0) is 40.5. The van der Waals surface area contributed by atoms with Crippen molar-refractivity contribution in [2.45, 2.75) is 239 Å². The van der Waals surface area contributed by atoms with Crippen LogP contribution in [-0.4, -0.2) is 68.3 Å². The van der Waals surface area contributed by atoms with Crippen LogP contribution in [0.15, 0.2) is 0 Å². The van der Waals surface area contributed by atoms with Gasteiger partial charge in [0.2, 0.25) is 0 Å². The Balaban J connectivity index is 4.45. The Kier molecular flexibility index (Phi) is 40.7. The third-order valence-corrected chi connectivity index (χ3v) is 10.9. The van der Waals surface area contributed by atoms with Crippen molar-refractivity contribution < 1.29 is 28.6 Å². The maximum Gasteiger partial charge on any atom is 0.320 e. The monoisotopic (exact) mass is 781 g/mol. The number of carbonyl (C=O) groups is 3. The fraction of sp³-hybridized carbons (Fsp3) is 0.936. The van der Waals surface area contributed by atoms with Crippen LogP contribution in [0.2, 0.25) is 0 Å². The van der Waals surface area contributed by atoms with E-state index in [1.807, 2.05) is 0 Å². The lowest BCUT2D eigenvalue weighted by Crippen LogP contribution is -2.29. The molecule has 0 heterocycles. The minimum atomic E-state index is -0.809. The Morgan fingerprint density at radius 2 is 0.836 bits per heavy atom. The SMILES string of the molecule is CCCCCCCCC(CCCCCCCC)OC(=O)CCCCCCCN(CCCN)CCCCCCC(C(=O)OCCCCC)C(=O)OCCCCC. The van der Waals surface area contributed by atoms with Gasteiger partial charge in [0.05, 0.1) is 13.2 Å². The largest absolute Gasteiger partial charge is 0.465 e. The van der Waals surface area contributed by atoms with Crippen molar-refractivity contribution in [2.75, 3.05) is 39.4 Å². The molecule has 0 radical (unpaired) electrons. The van der Waals surface area contributed by atoms with Gasteiger partial charge in [-0.05, 0) is 96.8 Å². The summed E-state index contributed by atoms with van der Waals surface area (Å²) < 4.78 is 17.0. The molecule has 0 aliphatic heterocycles. The molecule has 0 rings (SSSR count). The Morgan fingerprint density at radius 3 is 1.31 bits per heavy atom. The molecule has 0 aliphatic carbocycles. The molecule has 8 heteroatoms. The number of carbonyl (C=O) groups excluding carboxylic acids is 3. The lowest BCUT2D eigenvalue weighted by molar-refractivity contribution is -0.162. The Labute approximate surface area is 340 Å². The number of nitrogens with zero attached hydrogens (tertiary/aromatic N) is 1. The molecular weight excluding hydrogens is 689 g/mol. The molecule has 0 saturated heterocycles. The molecule has 0 saturated carbocycles. The number of unbranched alkanes of at least 4 members (excludes halogenated alkanes) is 21. The quantitative estimate of drug-likeness (QED) is 0.0282. The van der Waals surface area contributed by atoms with E-state index in [4.69, 9.17) is 19.9 Å². The highest BCUT2D eigenvalue weighted by molar-refractivity contribution is 5.94. The Morgan fingerprint density at radius 1 is 0.455 bits per heavy atom. The average Bonchev–Trinajstić information content (AvgIpc) is 3.18. The zero-order valence-electron chi connectivity index (χ0n) is 37.0. The van der Waals surface area contributed by atoms with Crippen LogP contribution >= 0.6 is 0 Å². The van der Waals surface area contributed by atoms with Crippen LogP contribution in [0.25, 0.3) is 0 Å². The van der Waals surface area contributed by atoms with Gasteiger partial charge in [0.25, 0.3) is 0 Å². The highest BCUT2D eigenvalue weighted by atomic mass is 16.6. The van der Waals surface area contributed by atoms with Crippen LogP contribution in [0.3, 0.4) is 0 Å². The summed E-state index contributed by atoms with van der Waals surface area (Å²) in [6.07, 6.45) is 34.8. The third kappa shape index (κ3) is 35.2. The second kappa shape index (κ2) is 41.9. The smallest absolute Gasteiger partial charge is 0.320 e. The van der Waals surface area contributed by atoms with Gasteiger partial charge in [0.1, 0.15) is 6.10 Å². The van der Waals surface area contributed by atoms with Crippen molar-refractivity contribution >= 4 is 17.9 Å². The van der Waals surface area contributed by atoms with Gasteiger partial charge >= 0.3 is 17.9 Å². The molecule has 0 aromatic heterocycles. The molecule has 0 spiro atoms. The molecule has 0 atom stereocenters. The van der Waals surface area contributed by atoms with E-state index in [-0.39, 0.29) is 12.1 Å². The van der Waals surface area contributed by atoms with Crippen molar-refractivity contribution in [1.82, 2.24) is 4.90 Å².